The quantitative estimate of drug-likeness (QED) is 0.267. The second kappa shape index (κ2) is 6.90. The van der Waals surface area contributed by atoms with E-state index in [1.165, 1.54) is 13.0 Å². The number of esters is 1. The average Bonchev–Trinajstić information content (AvgIpc) is 3.22. The van der Waals surface area contributed by atoms with Crippen molar-refractivity contribution in [1.82, 2.24) is 0 Å². The first-order valence-electron chi connectivity index (χ1n) is 13.8. The summed E-state index contributed by atoms with van der Waals surface area (Å²) in [5.74, 6) is -4.82. The fourth-order valence-corrected chi connectivity index (χ4v) is 10.3. The molecule has 3 aliphatic heterocycles. The molecule has 0 bridgehead atoms. The molecule has 38 heavy (non-hydrogen) atoms. The summed E-state index contributed by atoms with van der Waals surface area (Å²) in [6, 6.07) is 0. The van der Waals surface area contributed by atoms with Crippen molar-refractivity contribution >= 4 is 11.8 Å². The largest absolute Gasteiger partial charge is 0.454 e. The van der Waals surface area contributed by atoms with Gasteiger partial charge in [0, 0.05) is 12.3 Å². The molecule has 14 atom stereocenters. The van der Waals surface area contributed by atoms with Gasteiger partial charge in [-0.05, 0) is 70.3 Å². The molecule has 5 N–H and O–H groups in total. The van der Waals surface area contributed by atoms with Crippen LogP contribution in [0.25, 0.3) is 0 Å². The normalized spacial score (nSPS) is 64.3. The van der Waals surface area contributed by atoms with E-state index in [0.29, 0.717) is 12.8 Å². The summed E-state index contributed by atoms with van der Waals surface area (Å²) in [7, 11) is 0. The third kappa shape index (κ3) is 2.33. The number of hydrogen-bond acceptors (Lipinski definition) is 10. The van der Waals surface area contributed by atoms with Gasteiger partial charge in [0.25, 0.3) is 0 Å². The van der Waals surface area contributed by atoms with E-state index in [-0.39, 0.29) is 43.5 Å². The van der Waals surface area contributed by atoms with Crippen molar-refractivity contribution in [3.05, 3.63) is 12.2 Å². The van der Waals surface area contributed by atoms with Crippen LogP contribution < -0.4 is 0 Å². The highest BCUT2D eigenvalue weighted by molar-refractivity contribution is 5.97. The zero-order chi connectivity index (χ0) is 27.5. The summed E-state index contributed by atoms with van der Waals surface area (Å²) >= 11 is 0. The monoisotopic (exact) mass is 534 g/mol. The Morgan fingerprint density at radius 1 is 0.974 bits per heavy atom. The van der Waals surface area contributed by atoms with Gasteiger partial charge in [-0.3, -0.25) is 4.79 Å². The van der Waals surface area contributed by atoms with Crippen LogP contribution in [-0.4, -0.2) is 90.4 Å². The van der Waals surface area contributed by atoms with E-state index in [0.717, 1.165) is 0 Å². The highest BCUT2D eigenvalue weighted by Crippen LogP contribution is 2.74. The third-order valence-corrected chi connectivity index (χ3v) is 13.1. The van der Waals surface area contributed by atoms with Crippen LogP contribution in [0.3, 0.4) is 0 Å². The van der Waals surface area contributed by atoms with Gasteiger partial charge in [0.05, 0.1) is 29.1 Å². The van der Waals surface area contributed by atoms with Gasteiger partial charge in [-0.15, -0.1) is 0 Å². The van der Waals surface area contributed by atoms with Gasteiger partial charge in [-0.25, -0.2) is 4.79 Å². The first-order chi connectivity index (χ1) is 17.5. The van der Waals surface area contributed by atoms with E-state index in [2.05, 4.69) is 0 Å². The van der Waals surface area contributed by atoms with Gasteiger partial charge < -0.3 is 39.7 Å². The number of fused-ring (bicyclic) bond motifs is 8. The lowest BCUT2D eigenvalue weighted by molar-refractivity contribution is -0.438. The molecule has 210 valence electrons. The summed E-state index contributed by atoms with van der Waals surface area (Å²) in [5, 5.41) is 58.9. The zero-order valence-electron chi connectivity index (χ0n) is 22.2. The van der Waals surface area contributed by atoms with Crippen LogP contribution in [0.15, 0.2) is 12.2 Å². The second-order valence-corrected chi connectivity index (χ2v) is 13.9. The number of carbonyl (C=O) groups is 2. The Balaban J connectivity index is 1.36. The minimum absolute atomic E-state index is 0.00316. The predicted octanol–water partition coefficient (Wildman–Crippen LogP) is -0.0302. The molecular weight excluding hydrogens is 496 g/mol. The summed E-state index contributed by atoms with van der Waals surface area (Å²) < 4.78 is 18.3. The Morgan fingerprint density at radius 3 is 2.39 bits per heavy atom. The molecule has 7 aliphatic rings. The number of hydrogen-bond donors (Lipinski definition) is 5. The fourth-order valence-electron chi connectivity index (χ4n) is 10.3. The lowest BCUT2D eigenvalue weighted by Crippen LogP contribution is -2.81. The molecule has 3 heterocycles. The van der Waals surface area contributed by atoms with Crippen LogP contribution >= 0.6 is 0 Å². The summed E-state index contributed by atoms with van der Waals surface area (Å²) in [5.41, 5.74) is -9.09. The van der Waals surface area contributed by atoms with Gasteiger partial charge in [-0.1, -0.05) is 13.0 Å². The molecule has 0 aromatic rings. The molecule has 10 nitrogen and oxygen atoms in total. The van der Waals surface area contributed by atoms with Gasteiger partial charge in [-0.2, -0.15) is 0 Å². The van der Waals surface area contributed by atoms with Crippen molar-refractivity contribution in [1.29, 1.82) is 0 Å². The van der Waals surface area contributed by atoms with Crippen molar-refractivity contribution in [3.63, 3.8) is 0 Å². The lowest BCUT2D eigenvalue weighted by Gasteiger charge is -2.70. The van der Waals surface area contributed by atoms with Crippen molar-refractivity contribution in [3.8, 4) is 0 Å². The molecular formula is C28H38O10. The Labute approximate surface area is 220 Å². The van der Waals surface area contributed by atoms with E-state index in [1.807, 2.05) is 6.92 Å². The number of carbonyl (C=O) groups excluding carboxylic acids is 2. The van der Waals surface area contributed by atoms with Gasteiger partial charge in [0.2, 0.25) is 0 Å². The van der Waals surface area contributed by atoms with E-state index in [9.17, 15) is 35.1 Å². The number of ketones is 1. The fraction of sp³-hybridized carbons (Fsp3) is 0.857. The average molecular weight is 535 g/mol. The lowest BCUT2D eigenvalue weighted by atomic mass is 9.40. The second-order valence-electron chi connectivity index (χ2n) is 13.9. The minimum Gasteiger partial charge on any atom is -0.454 e. The number of aliphatic hydroxyl groups excluding tert-OH is 1. The molecule has 0 aromatic carbocycles. The first-order valence-corrected chi connectivity index (χ1v) is 13.8. The molecule has 6 fully saturated rings. The van der Waals surface area contributed by atoms with E-state index in [1.54, 1.807) is 19.9 Å². The molecule has 0 amide bonds. The Kier molecular flexibility index (Phi) is 4.64. The van der Waals surface area contributed by atoms with E-state index < -0.39 is 75.1 Å². The van der Waals surface area contributed by atoms with E-state index in [4.69, 9.17) is 14.2 Å². The molecule has 3 saturated heterocycles. The number of aliphatic hydroxyl groups is 5. The van der Waals surface area contributed by atoms with Crippen molar-refractivity contribution in [2.24, 2.45) is 34.5 Å². The summed E-state index contributed by atoms with van der Waals surface area (Å²) in [4.78, 5) is 26.1. The molecule has 3 saturated carbocycles. The zero-order valence-corrected chi connectivity index (χ0v) is 22.2. The van der Waals surface area contributed by atoms with Gasteiger partial charge in [0.15, 0.2) is 23.3 Å². The predicted molar refractivity (Wildman–Crippen MR) is 128 cm³/mol. The molecule has 0 radical (unpaired) electrons. The number of rotatable bonds is 0. The molecule has 4 aliphatic carbocycles. The highest BCUT2D eigenvalue weighted by Gasteiger charge is 2.83. The standard InChI is InChI=1S/C28H38O10/c1-22-15-11-28(35)23(2)14(13(15)10-18(30)27(22,34)8-5-6-17(22)29)7-9-26(23,33)16-12-36-25(4)20(19(16)38-28)37-21(31)24(25,3)32/h5-6,13-16,18-20,30,32-35H,7-12H2,1-4H3. The highest BCUT2D eigenvalue weighted by atomic mass is 16.7. The minimum atomic E-state index is -1.95. The van der Waals surface area contributed by atoms with Gasteiger partial charge >= 0.3 is 5.97 Å². The number of allylic oxidation sites excluding steroid dienone is 1. The van der Waals surface area contributed by atoms with Gasteiger partial charge in [0.1, 0.15) is 17.3 Å². The van der Waals surface area contributed by atoms with Crippen molar-refractivity contribution in [2.45, 2.75) is 106 Å². The Hall–Kier alpha value is -1.40. The molecule has 7 rings (SSSR count). The smallest absolute Gasteiger partial charge is 0.341 e. The first kappa shape index (κ1) is 25.6. The van der Waals surface area contributed by atoms with Crippen LogP contribution in [0.4, 0.5) is 0 Å². The van der Waals surface area contributed by atoms with Crippen LogP contribution in [0, 0.1) is 34.5 Å². The van der Waals surface area contributed by atoms with E-state index >= 15 is 0 Å². The van der Waals surface area contributed by atoms with Crippen LogP contribution in [0.5, 0.6) is 0 Å². The SMILES string of the molecule is CC1(O)C(=O)OC2C3OC4(O)CC5C(CC(O)C6(O)CC=CC(=O)C56C)C5CCC(O)(C3COC21C)C54C. The van der Waals surface area contributed by atoms with Crippen LogP contribution in [0.2, 0.25) is 0 Å². The van der Waals surface area contributed by atoms with Crippen LogP contribution in [-0.2, 0) is 23.8 Å². The summed E-state index contributed by atoms with van der Waals surface area (Å²) in [6.45, 7) is 6.41. The molecule has 10 heteroatoms. The van der Waals surface area contributed by atoms with Crippen molar-refractivity contribution in [2.75, 3.05) is 6.61 Å². The maximum absolute atomic E-state index is 13.5. The summed E-state index contributed by atoms with van der Waals surface area (Å²) in [6.07, 6.45) is 1.04. The third-order valence-electron chi connectivity index (χ3n) is 13.1. The Bertz CT molecular complexity index is 1170. The maximum Gasteiger partial charge on any atom is 0.341 e. The molecule has 0 aromatic heterocycles. The molecule has 14 unspecified atom stereocenters. The topological polar surface area (TPSA) is 163 Å². The number of ether oxygens (including phenoxy) is 3. The maximum atomic E-state index is 13.5. The van der Waals surface area contributed by atoms with Crippen molar-refractivity contribution < 1.29 is 49.3 Å². The molecule has 0 spiro atoms. The Morgan fingerprint density at radius 2 is 1.68 bits per heavy atom. The van der Waals surface area contributed by atoms with Crippen LogP contribution in [0.1, 0.15) is 59.8 Å².